The van der Waals surface area contributed by atoms with Crippen LogP contribution in [0.3, 0.4) is 0 Å². The molecule has 0 heterocycles. The van der Waals surface area contributed by atoms with Crippen molar-refractivity contribution in [2.75, 3.05) is 13.2 Å². The highest BCUT2D eigenvalue weighted by Gasteiger charge is 2.31. The molecule has 1 N–H and O–H groups in total. The molecule has 0 saturated heterocycles. The number of halogens is 4. The highest BCUT2D eigenvalue weighted by atomic mass is 79.9. The fourth-order valence-electron chi connectivity index (χ4n) is 3.53. The molecule has 0 fully saturated rings. The smallest absolute Gasteiger partial charge is 0.303 e. The maximum atomic E-state index is 11.0. The van der Waals surface area contributed by atoms with Gasteiger partial charge in [0.05, 0.1) is 17.9 Å². The molecule has 0 amide bonds. The van der Waals surface area contributed by atoms with Gasteiger partial charge in [-0.15, -0.1) is 0 Å². The molecule has 33 heavy (non-hydrogen) atoms. The SMILES string of the molecule is C=CCOc1c(Br)cc(C(C)(CCCCC(=O)O)c2cc(Br)c(OCC=C)c(Br)c2)cc1Br. The van der Waals surface area contributed by atoms with Gasteiger partial charge in [0.2, 0.25) is 0 Å². The zero-order chi connectivity index (χ0) is 24.6. The van der Waals surface area contributed by atoms with Gasteiger partial charge in [0.15, 0.2) is 0 Å². The van der Waals surface area contributed by atoms with Crippen molar-refractivity contribution in [3.05, 3.63) is 78.6 Å². The third-order valence-electron chi connectivity index (χ3n) is 5.28. The number of ether oxygens (including phenoxy) is 2. The van der Waals surface area contributed by atoms with Crippen LogP contribution >= 0.6 is 63.7 Å². The third-order valence-corrected chi connectivity index (χ3v) is 7.64. The second kappa shape index (κ2) is 13.1. The second-order valence-corrected chi connectivity index (χ2v) is 11.1. The Bertz CT molecular complexity index is 906. The van der Waals surface area contributed by atoms with E-state index in [2.05, 4.69) is 108 Å². The molecule has 0 bridgehead atoms. The second-order valence-electron chi connectivity index (χ2n) is 7.67. The van der Waals surface area contributed by atoms with Crippen molar-refractivity contribution in [2.45, 2.75) is 38.0 Å². The van der Waals surface area contributed by atoms with Crippen LogP contribution in [-0.2, 0) is 10.2 Å². The van der Waals surface area contributed by atoms with Gasteiger partial charge in [0.1, 0.15) is 24.7 Å². The van der Waals surface area contributed by atoms with Crippen LogP contribution in [0, 0.1) is 0 Å². The summed E-state index contributed by atoms with van der Waals surface area (Å²) in [6.07, 6.45) is 5.68. The molecule has 0 atom stereocenters. The maximum absolute atomic E-state index is 11.0. The molecular formula is C25H26Br4O4. The number of hydrogen-bond acceptors (Lipinski definition) is 3. The fourth-order valence-corrected chi connectivity index (χ4v) is 6.36. The summed E-state index contributed by atoms with van der Waals surface area (Å²) >= 11 is 14.6. The number of unbranched alkanes of at least 4 members (excludes halogenated alkanes) is 1. The molecule has 4 nitrogen and oxygen atoms in total. The van der Waals surface area contributed by atoms with E-state index in [4.69, 9.17) is 14.6 Å². The molecule has 0 aliphatic heterocycles. The number of carbonyl (C=O) groups is 1. The number of aliphatic carboxylic acids is 1. The van der Waals surface area contributed by atoms with E-state index in [1.165, 1.54) is 0 Å². The lowest BCUT2D eigenvalue weighted by atomic mass is 9.72. The van der Waals surface area contributed by atoms with Crippen LogP contribution in [0.1, 0.15) is 43.7 Å². The van der Waals surface area contributed by atoms with Gasteiger partial charge in [-0.25, -0.2) is 0 Å². The summed E-state index contributed by atoms with van der Waals surface area (Å²) in [6, 6.07) is 8.24. The van der Waals surface area contributed by atoms with Crippen molar-refractivity contribution < 1.29 is 19.4 Å². The van der Waals surface area contributed by atoms with Crippen LogP contribution in [0.25, 0.3) is 0 Å². The van der Waals surface area contributed by atoms with E-state index < -0.39 is 11.4 Å². The Balaban J connectivity index is 2.54. The van der Waals surface area contributed by atoms with Gasteiger partial charge in [0, 0.05) is 11.8 Å². The monoisotopic (exact) mass is 706 g/mol. The minimum atomic E-state index is -0.778. The Morgan fingerprint density at radius 1 is 0.879 bits per heavy atom. The Morgan fingerprint density at radius 3 is 1.61 bits per heavy atom. The molecule has 0 aromatic heterocycles. The van der Waals surface area contributed by atoms with Gasteiger partial charge < -0.3 is 14.6 Å². The first-order valence-corrected chi connectivity index (χ1v) is 13.5. The molecule has 0 radical (unpaired) electrons. The standard InChI is InChI=1S/C25H26Br4O4/c1-4-10-32-23-18(26)12-16(13-19(23)27)25(3,9-7-6-8-22(30)31)17-14-20(28)24(21(29)15-17)33-11-5-2/h4-5,12-15H,1-2,6-11H2,3H3,(H,30,31). The lowest BCUT2D eigenvalue weighted by Crippen LogP contribution is -2.24. The summed E-state index contributed by atoms with van der Waals surface area (Å²) in [5.74, 6) is 0.643. The Hall–Kier alpha value is -1.09. The third kappa shape index (κ3) is 7.44. The number of benzene rings is 2. The fraction of sp³-hybridized carbons (Fsp3) is 0.320. The summed E-state index contributed by atoms with van der Waals surface area (Å²) in [4.78, 5) is 11.0. The van der Waals surface area contributed by atoms with E-state index in [0.29, 0.717) is 31.1 Å². The Morgan fingerprint density at radius 2 is 1.27 bits per heavy atom. The zero-order valence-corrected chi connectivity index (χ0v) is 24.6. The number of carboxylic acids is 1. The number of hydrogen-bond donors (Lipinski definition) is 1. The van der Waals surface area contributed by atoms with E-state index in [0.717, 1.165) is 41.9 Å². The van der Waals surface area contributed by atoms with E-state index in [9.17, 15) is 4.79 Å². The van der Waals surface area contributed by atoms with Gasteiger partial charge in [-0.1, -0.05) is 38.7 Å². The molecule has 0 aliphatic carbocycles. The minimum Gasteiger partial charge on any atom is -0.487 e. The Kier molecular flexibility index (Phi) is 11.2. The largest absolute Gasteiger partial charge is 0.487 e. The van der Waals surface area contributed by atoms with Crippen molar-refractivity contribution in [3.8, 4) is 11.5 Å². The van der Waals surface area contributed by atoms with E-state index in [1.54, 1.807) is 12.2 Å². The Labute approximate surface area is 229 Å². The molecule has 2 rings (SSSR count). The summed E-state index contributed by atoms with van der Waals surface area (Å²) in [5, 5.41) is 9.06. The van der Waals surface area contributed by atoms with Crippen LogP contribution < -0.4 is 9.47 Å². The van der Waals surface area contributed by atoms with E-state index in [-0.39, 0.29) is 6.42 Å². The van der Waals surface area contributed by atoms with Gasteiger partial charge in [-0.2, -0.15) is 0 Å². The predicted molar refractivity (Wildman–Crippen MR) is 148 cm³/mol. The average Bonchev–Trinajstić information content (AvgIpc) is 2.75. The average molecular weight is 710 g/mol. The topological polar surface area (TPSA) is 55.8 Å². The van der Waals surface area contributed by atoms with Crippen molar-refractivity contribution in [3.63, 3.8) is 0 Å². The van der Waals surface area contributed by atoms with E-state index in [1.807, 2.05) is 0 Å². The predicted octanol–water partition coefficient (Wildman–Crippen LogP) is 8.82. The highest BCUT2D eigenvalue weighted by Crippen LogP contribution is 2.46. The van der Waals surface area contributed by atoms with Gasteiger partial charge in [-0.05, 0) is 112 Å². The summed E-state index contributed by atoms with van der Waals surface area (Å²) in [6.45, 7) is 10.4. The molecule has 2 aromatic carbocycles. The van der Waals surface area contributed by atoms with Crippen molar-refractivity contribution >= 4 is 69.7 Å². The van der Waals surface area contributed by atoms with Crippen LogP contribution in [0.15, 0.2) is 67.5 Å². The van der Waals surface area contributed by atoms with E-state index >= 15 is 0 Å². The molecule has 0 aliphatic rings. The first kappa shape index (κ1) is 28.1. The molecule has 0 unspecified atom stereocenters. The number of carboxylic acid groups (broad SMARTS) is 1. The van der Waals surface area contributed by atoms with Crippen molar-refractivity contribution in [1.29, 1.82) is 0 Å². The molecule has 0 saturated carbocycles. The molecule has 0 spiro atoms. The normalized spacial score (nSPS) is 11.2. The first-order valence-electron chi connectivity index (χ1n) is 10.3. The van der Waals surface area contributed by atoms with Crippen LogP contribution in [-0.4, -0.2) is 24.3 Å². The lowest BCUT2D eigenvalue weighted by Gasteiger charge is -2.33. The quantitative estimate of drug-likeness (QED) is 0.167. The summed E-state index contributed by atoms with van der Waals surface area (Å²) in [5.41, 5.74) is 1.74. The maximum Gasteiger partial charge on any atom is 0.303 e. The van der Waals surface area contributed by atoms with Gasteiger partial charge in [0.25, 0.3) is 0 Å². The van der Waals surface area contributed by atoms with Crippen LogP contribution in [0.4, 0.5) is 0 Å². The summed E-state index contributed by atoms with van der Waals surface area (Å²) < 4.78 is 14.9. The van der Waals surface area contributed by atoms with Crippen molar-refractivity contribution in [1.82, 2.24) is 0 Å². The zero-order valence-electron chi connectivity index (χ0n) is 18.3. The molecule has 2 aromatic rings. The lowest BCUT2D eigenvalue weighted by molar-refractivity contribution is -0.137. The van der Waals surface area contributed by atoms with Gasteiger partial charge >= 0.3 is 5.97 Å². The van der Waals surface area contributed by atoms with Crippen molar-refractivity contribution in [2.24, 2.45) is 0 Å². The molecular weight excluding hydrogens is 684 g/mol. The van der Waals surface area contributed by atoms with Crippen LogP contribution in [0.5, 0.6) is 11.5 Å². The molecule has 178 valence electrons. The van der Waals surface area contributed by atoms with Gasteiger partial charge in [-0.3, -0.25) is 4.79 Å². The number of rotatable bonds is 13. The van der Waals surface area contributed by atoms with Crippen LogP contribution in [0.2, 0.25) is 0 Å². The minimum absolute atomic E-state index is 0.152. The molecule has 8 heteroatoms. The summed E-state index contributed by atoms with van der Waals surface area (Å²) in [7, 11) is 0. The highest BCUT2D eigenvalue weighted by molar-refractivity contribution is 9.11. The first-order chi connectivity index (χ1) is 15.6.